The first-order valence-corrected chi connectivity index (χ1v) is 13.0. The van der Waals surface area contributed by atoms with Crippen molar-refractivity contribution in [1.82, 2.24) is 0 Å². The van der Waals surface area contributed by atoms with E-state index in [0.29, 0.717) is 25.9 Å². The second kappa shape index (κ2) is 8.47. The average molecular weight is 415 g/mol. The molecule has 0 heterocycles. The molecule has 1 aliphatic carbocycles. The van der Waals surface area contributed by atoms with E-state index in [0.717, 1.165) is 18.4 Å². The highest BCUT2D eigenvalue weighted by Gasteiger charge is 2.48. The topological polar surface area (TPSA) is 52.6 Å². The van der Waals surface area contributed by atoms with Crippen LogP contribution in [-0.4, -0.2) is 28.9 Å². The first kappa shape index (κ1) is 23.2. The molecule has 152 valence electrons. The predicted octanol–water partition coefficient (Wildman–Crippen LogP) is 5.65. The number of unbranched alkanes of at least 4 members (excludes halogenated alkanes) is 1. The molecule has 1 rings (SSSR count). The van der Waals surface area contributed by atoms with Crippen LogP contribution in [0.3, 0.4) is 0 Å². The van der Waals surface area contributed by atoms with Crippen LogP contribution in [0.15, 0.2) is 23.5 Å². The summed E-state index contributed by atoms with van der Waals surface area (Å²) in [6, 6.07) is 0. The fraction of sp³-hybridized carbons (Fsp3) is 0.765. The van der Waals surface area contributed by atoms with Gasteiger partial charge in [0.2, 0.25) is 0 Å². The minimum absolute atomic E-state index is 0.153. The number of hydrogen-bond donors (Lipinski definition) is 0. The maximum atomic E-state index is 12.4. The number of alkyl halides is 3. The Balaban J connectivity index is 2.47. The number of hydrogen-bond acceptors (Lipinski definition) is 4. The largest absolute Gasteiger partial charge is 0.534 e. The average Bonchev–Trinajstić information content (AvgIpc) is 2.44. The lowest BCUT2D eigenvalue weighted by atomic mass is 9.99. The van der Waals surface area contributed by atoms with Crippen LogP contribution in [0.1, 0.15) is 52.9 Å². The molecule has 0 saturated heterocycles. The molecule has 1 aliphatic rings. The van der Waals surface area contributed by atoms with Gasteiger partial charge >= 0.3 is 15.6 Å². The summed E-state index contributed by atoms with van der Waals surface area (Å²) in [5.41, 5.74) is -4.52. The molecule has 4 nitrogen and oxygen atoms in total. The van der Waals surface area contributed by atoms with Gasteiger partial charge in [-0.3, -0.25) is 0 Å². The van der Waals surface area contributed by atoms with E-state index in [1.165, 1.54) is 12.2 Å². The molecule has 0 amide bonds. The molecule has 9 heteroatoms. The van der Waals surface area contributed by atoms with E-state index in [2.05, 4.69) is 38.0 Å². The molecule has 0 aliphatic heterocycles. The summed E-state index contributed by atoms with van der Waals surface area (Å²) in [6.07, 6.45) is 6.31. The monoisotopic (exact) mass is 414 g/mol. The van der Waals surface area contributed by atoms with Gasteiger partial charge in [0.15, 0.2) is 8.32 Å². The maximum Gasteiger partial charge on any atom is 0.534 e. The smallest absolute Gasteiger partial charge is 0.417 e. The molecule has 0 saturated carbocycles. The Morgan fingerprint density at radius 3 is 2.31 bits per heavy atom. The minimum Gasteiger partial charge on any atom is -0.417 e. The number of rotatable bonds is 8. The maximum absolute atomic E-state index is 12.4. The van der Waals surface area contributed by atoms with Gasteiger partial charge < -0.3 is 8.61 Å². The Bertz CT molecular complexity index is 644. The van der Waals surface area contributed by atoms with E-state index in [9.17, 15) is 21.6 Å². The Morgan fingerprint density at radius 2 is 1.77 bits per heavy atom. The van der Waals surface area contributed by atoms with Crippen LogP contribution in [0.2, 0.25) is 18.1 Å². The van der Waals surface area contributed by atoms with Crippen molar-refractivity contribution in [2.75, 3.05) is 6.61 Å². The summed E-state index contributed by atoms with van der Waals surface area (Å²) in [6.45, 7) is 11.6. The Hall–Kier alpha value is -0.803. The van der Waals surface area contributed by atoms with Gasteiger partial charge in [-0.2, -0.15) is 21.6 Å². The second-order valence-corrected chi connectivity index (χ2v) is 14.3. The van der Waals surface area contributed by atoms with Crippen molar-refractivity contribution in [2.45, 2.75) is 76.5 Å². The second-order valence-electron chi connectivity index (χ2n) is 8.00. The summed E-state index contributed by atoms with van der Waals surface area (Å²) in [5, 5.41) is 0.153. The third-order valence-electron chi connectivity index (χ3n) is 4.81. The van der Waals surface area contributed by atoms with Crippen LogP contribution in [-0.2, 0) is 18.7 Å². The van der Waals surface area contributed by atoms with Crippen molar-refractivity contribution in [3.63, 3.8) is 0 Å². The van der Waals surface area contributed by atoms with E-state index in [1.807, 2.05) is 0 Å². The van der Waals surface area contributed by atoms with Gasteiger partial charge in [-0.15, -0.1) is 0 Å². The Kier molecular flexibility index (Phi) is 7.57. The molecule has 0 N–H and O–H groups in total. The molecule has 0 radical (unpaired) electrons. The fourth-order valence-electron chi connectivity index (χ4n) is 2.16. The molecular weight excluding hydrogens is 385 g/mol. The zero-order chi connectivity index (χ0) is 20.2. The van der Waals surface area contributed by atoms with Gasteiger partial charge in [-0.05, 0) is 62.4 Å². The minimum atomic E-state index is -5.61. The van der Waals surface area contributed by atoms with Crippen LogP contribution in [0, 0.1) is 0 Å². The van der Waals surface area contributed by atoms with Gasteiger partial charge in [0.1, 0.15) is 5.76 Å². The lowest BCUT2D eigenvalue weighted by Gasteiger charge is -2.36. The standard InChI is InChI=1S/C17H29F3O4SSi/c1-16(2,3)26(4,5)23-12-7-6-9-14-10-8-11-15(13-14)24-25(21,22)17(18,19)20/h11,13H,6-10,12H2,1-5H3. The first-order valence-electron chi connectivity index (χ1n) is 8.70. The molecule has 0 unspecified atom stereocenters. The Morgan fingerprint density at radius 1 is 1.15 bits per heavy atom. The van der Waals surface area contributed by atoms with Crippen LogP contribution in [0.4, 0.5) is 13.2 Å². The molecule has 0 aromatic heterocycles. The zero-order valence-corrected chi connectivity index (χ0v) is 17.9. The SMILES string of the molecule is CC(C)(C)[Si](C)(C)OCCCCC1=CC(OS(=O)(=O)C(F)(F)F)=CCC1. The summed E-state index contributed by atoms with van der Waals surface area (Å²) in [4.78, 5) is 0. The van der Waals surface area contributed by atoms with Crippen LogP contribution in [0.5, 0.6) is 0 Å². The van der Waals surface area contributed by atoms with Gasteiger partial charge in [0.25, 0.3) is 0 Å². The van der Waals surface area contributed by atoms with Crippen LogP contribution in [0.25, 0.3) is 0 Å². The summed E-state index contributed by atoms with van der Waals surface area (Å²) in [7, 11) is -7.38. The molecule has 0 aromatic carbocycles. The number of allylic oxidation sites excluding steroid dienone is 3. The highest BCUT2D eigenvalue weighted by Crippen LogP contribution is 2.36. The van der Waals surface area contributed by atoms with E-state index in [1.54, 1.807) is 0 Å². The highest BCUT2D eigenvalue weighted by atomic mass is 32.2. The van der Waals surface area contributed by atoms with E-state index < -0.39 is 23.9 Å². The van der Waals surface area contributed by atoms with Gasteiger partial charge in [-0.1, -0.05) is 26.3 Å². The molecular formula is C17H29F3O4SSi. The molecule has 0 fully saturated rings. The van der Waals surface area contributed by atoms with Crippen molar-refractivity contribution in [3.8, 4) is 0 Å². The molecule has 0 bridgehead atoms. The third kappa shape index (κ3) is 6.73. The first-order chi connectivity index (χ1) is 11.7. The predicted molar refractivity (Wildman–Crippen MR) is 98.5 cm³/mol. The lowest BCUT2D eigenvalue weighted by Crippen LogP contribution is -2.40. The highest BCUT2D eigenvalue weighted by molar-refractivity contribution is 7.87. The quantitative estimate of drug-likeness (QED) is 0.223. The normalized spacial score (nSPS) is 16.9. The van der Waals surface area contributed by atoms with Gasteiger partial charge in [0, 0.05) is 6.61 Å². The van der Waals surface area contributed by atoms with Crippen molar-refractivity contribution >= 4 is 18.4 Å². The van der Waals surface area contributed by atoms with Crippen LogP contribution < -0.4 is 0 Å². The van der Waals surface area contributed by atoms with Gasteiger partial charge in [0.05, 0.1) is 0 Å². The summed E-state index contributed by atoms with van der Waals surface area (Å²) in [5.74, 6) is -0.249. The number of halogens is 3. The molecule has 0 spiro atoms. The van der Waals surface area contributed by atoms with E-state index >= 15 is 0 Å². The molecule has 0 aromatic rings. The van der Waals surface area contributed by atoms with Crippen molar-refractivity contribution in [2.24, 2.45) is 0 Å². The van der Waals surface area contributed by atoms with Crippen molar-refractivity contribution in [1.29, 1.82) is 0 Å². The van der Waals surface area contributed by atoms with Crippen molar-refractivity contribution < 1.29 is 30.2 Å². The third-order valence-corrected chi connectivity index (χ3v) is 10.3. The zero-order valence-electron chi connectivity index (χ0n) is 16.1. The van der Waals surface area contributed by atoms with E-state index in [-0.39, 0.29) is 10.8 Å². The molecule has 0 atom stereocenters. The van der Waals surface area contributed by atoms with Crippen molar-refractivity contribution in [3.05, 3.63) is 23.5 Å². The Labute approximate surface area is 155 Å². The van der Waals surface area contributed by atoms with E-state index in [4.69, 9.17) is 4.43 Å². The molecule has 26 heavy (non-hydrogen) atoms. The summed E-state index contributed by atoms with van der Waals surface area (Å²) < 4.78 is 69.6. The van der Waals surface area contributed by atoms with Crippen LogP contribution >= 0.6 is 0 Å². The lowest BCUT2D eigenvalue weighted by molar-refractivity contribution is -0.0520. The van der Waals surface area contributed by atoms with Gasteiger partial charge in [-0.25, -0.2) is 0 Å². The summed E-state index contributed by atoms with van der Waals surface area (Å²) >= 11 is 0. The fourth-order valence-corrected chi connectivity index (χ4v) is 3.71.